The number of phenols is 1. The fourth-order valence-electron chi connectivity index (χ4n) is 7.92. The third kappa shape index (κ3) is 4.84. The van der Waals surface area contributed by atoms with E-state index >= 15 is 4.79 Å². The summed E-state index contributed by atoms with van der Waals surface area (Å²) in [4.78, 5) is 61.6. The summed E-state index contributed by atoms with van der Waals surface area (Å²) in [5, 5.41) is 11.9. The van der Waals surface area contributed by atoms with Crippen LogP contribution in [0, 0.1) is 5.92 Å². The second-order valence-corrected chi connectivity index (χ2v) is 13.5. The van der Waals surface area contributed by atoms with Crippen LogP contribution in [0.1, 0.15) is 35.1 Å². The van der Waals surface area contributed by atoms with E-state index in [0.717, 1.165) is 4.57 Å². The van der Waals surface area contributed by atoms with Gasteiger partial charge in [-0.15, -0.1) is 0 Å². The van der Waals surface area contributed by atoms with Crippen molar-refractivity contribution in [3.8, 4) is 11.4 Å². The Morgan fingerprint density at radius 3 is 2.27 bits per heavy atom. The van der Waals surface area contributed by atoms with E-state index in [-0.39, 0.29) is 30.1 Å². The average molecular weight is 750 g/mol. The van der Waals surface area contributed by atoms with Gasteiger partial charge in [0.05, 0.1) is 40.2 Å². The lowest BCUT2D eigenvalue weighted by molar-refractivity contribution is -0.139. The average Bonchev–Trinajstić information content (AvgIpc) is 3.50. The van der Waals surface area contributed by atoms with Crippen LogP contribution in [0.15, 0.2) is 112 Å². The molecule has 1 aliphatic carbocycles. The van der Waals surface area contributed by atoms with Crippen LogP contribution in [0.3, 0.4) is 0 Å². The quantitative estimate of drug-likeness (QED) is 0.171. The van der Waals surface area contributed by atoms with Gasteiger partial charge in [-0.3, -0.25) is 15.0 Å². The summed E-state index contributed by atoms with van der Waals surface area (Å²) >= 11 is 12.5. The Balaban J connectivity index is 1.35. The van der Waals surface area contributed by atoms with Crippen LogP contribution in [-0.2, 0) is 27.7 Å². The van der Waals surface area contributed by atoms with E-state index in [9.17, 15) is 32.7 Å². The highest BCUT2D eigenvalue weighted by molar-refractivity contribution is 6.33. The van der Waals surface area contributed by atoms with Gasteiger partial charge in [0.2, 0.25) is 0 Å². The largest absolute Gasteiger partial charge is 0.508 e. The molecule has 5 aromatic rings. The van der Waals surface area contributed by atoms with Crippen LogP contribution in [0.4, 0.5) is 19.0 Å². The molecule has 52 heavy (non-hydrogen) atoms. The number of rotatable bonds is 5. The number of halogens is 5. The number of pyridine rings is 1. The maximum Gasteiger partial charge on any atom is 0.417 e. The van der Waals surface area contributed by atoms with Gasteiger partial charge < -0.3 is 5.11 Å². The molecule has 0 bridgehead atoms. The highest BCUT2D eigenvalue weighted by atomic mass is 35.5. The van der Waals surface area contributed by atoms with Crippen molar-refractivity contribution in [3.63, 3.8) is 0 Å². The van der Waals surface area contributed by atoms with E-state index in [1.165, 1.54) is 15.4 Å². The Kier molecular flexibility index (Phi) is 7.73. The zero-order chi connectivity index (χ0) is 36.7. The number of phenolic OH excluding ortho intramolecular Hbond substituents is 1. The number of hydrogen-bond acceptors (Lipinski definition) is 7. The molecule has 4 atom stereocenters. The van der Waals surface area contributed by atoms with E-state index < -0.39 is 63.2 Å². The van der Waals surface area contributed by atoms with E-state index in [1.807, 2.05) is 0 Å². The number of carbonyl (C=O) groups excluding carboxylic acids is 2. The molecule has 1 saturated carbocycles. The lowest BCUT2D eigenvalue weighted by atomic mass is 9.53. The van der Waals surface area contributed by atoms with Crippen molar-refractivity contribution < 1.29 is 27.9 Å². The van der Waals surface area contributed by atoms with Gasteiger partial charge in [-0.25, -0.2) is 28.5 Å². The Labute approximate surface area is 301 Å². The first-order chi connectivity index (χ1) is 24.8. The smallest absolute Gasteiger partial charge is 0.417 e. The Bertz CT molecular complexity index is 2440. The van der Waals surface area contributed by atoms with Gasteiger partial charge in [0.1, 0.15) is 5.75 Å². The van der Waals surface area contributed by atoms with E-state index in [2.05, 4.69) is 10.4 Å². The van der Waals surface area contributed by atoms with Crippen molar-refractivity contribution in [2.75, 3.05) is 5.43 Å². The summed E-state index contributed by atoms with van der Waals surface area (Å²) in [6, 6.07) is 20.6. The normalized spacial score (nSPS) is 22.4. The number of nitrogens with one attached hydrogen (secondary N) is 1. The first kappa shape index (κ1) is 33.5. The van der Waals surface area contributed by atoms with Crippen molar-refractivity contribution in [3.05, 3.63) is 150 Å². The number of allylic oxidation sites excluding steroid dienone is 2. The van der Waals surface area contributed by atoms with Crippen LogP contribution in [-0.4, -0.2) is 40.8 Å². The van der Waals surface area contributed by atoms with Gasteiger partial charge in [-0.1, -0.05) is 77.8 Å². The number of hydrogen-bond donors (Lipinski definition) is 2. The molecule has 16 heteroatoms. The molecule has 2 aliphatic heterocycles. The zero-order valence-corrected chi connectivity index (χ0v) is 28.1. The molecule has 0 radical (unpaired) electrons. The number of aromatic hydroxyl groups is 1. The number of hydrazine groups is 1. The van der Waals surface area contributed by atoms with Crippen molar-refractivity contribution >= 4 is 40.8 Å². The molecule has 4 heterocycles. The fraction of sp³-hybridized carbons (Fsp3) is 0.194. The molecule has 2 amide bonds. The molecule has 11 nitrogen and oxygen atoms in total. The number of benzene rings is 3. The van der Waals surface area contributed by atoms with Gasteiger partial charge in [0, 0.05) is 22.7 Å². The number of amides is 2. The Morgan fingerprint density at radius 2 is 1.60 bits per heavy atom. The van der Waals surface area contributed by atoms with Crippen molar-refractivity contribution in [1.29, 1.82) is 0 Å². The van der Waals surface area contributed by atoms with E-state index in [1.54, 1.807) is 78.9 Å². The molecule has 0 spiro atoms. The van der Waals surface area contributed by atoms with Gasteiger partial charge in [-0.05, 0) is 54.0 Å². The molecule has 2 aromatic heterocycles. The summed E-state index contributed by atoms with van der Waals surface area (Å²) in [5.41, 5.74) is -0.213. The molecular weight excluding hydrogens is 724 g/mol. The van der Waals surface area contributed by atoms with Gasteiger partial charge in [0.15, 0.2) is 5.82 Å². The Hall–Kier alpha value is -5.60. The van der Waals surface area contributed by atoms with Crippen LogP contribution >= 0.6 is 23.2 Å². The maximum atomic E-state index is 15.1. The number of imide groups is 1. The predicted molar refractivity (Wildman–Crippen MR) is 183 cm³/mol. The summed E-state index contributed by atoms with van der Waals surface area (Å²) in [6.45, 7) is -0.0691. The summed E-state index contributed by atoms with van der Waals surface area (Å²) in [5.74, 6) is -4.56. The van der Waals surface area contributed by atoms with Crippen molar-refractivity contribution in [2.45, 2.75) is 36.5 Å². The summed E-state index contributed by atoms with van der Waals surface area (Å²) in [7, 11) is 0. The number of nitrogens with zero attached hydrogens (tertiary/aromatic N) is 5. The second-order valence-electron chi connectivity index (χ2n) is 12.7. The predicted octanol–water partition coefficient (Wildman–Crippen LogP) is 5.85. The molecule has 2 fully saturated rings. The monoisotopic (exact) mass is 748 g/mol. The minimum Gasteiger partial charge on any atom is -0.508 e. The van der Waals surface area contributed by atoms with Crippen molar-refractivity contribution in [1.82, 2.24) is 23.9 Å². The minimum atomic E-state index is -4.75. The minimum absolute atomic E-state index is 0.0691. The standard InChI is InChI=1S/C36H25Cl2F3N6O5/c37-21-12-10-19(11-13-21)35-25(31(49)46(32(35)50)43-30-26(38)16-20(18-42-30)36(39,40)41)17-27-23(29(35)24-8-4-5-9-28(24)48)14-15-44-33(51)45(34(52)47(27)44)22-6-2-1-3-7-22/h1-14,16,18,25,27,29,48H,15,17H2,(H,42,43)/t25-,27+,29+,35+/m0/s1. The van der Waals surface area contributed by atoms with Gasteiger partial charge in [0.25, 0.3) is 11.8 Å². The molecule has 3 aromatic carbocycles. The second kappa shape index (κ2) is 12.0. The van der Waals surface area contributed by atoms with Crippen LogP contribution in [0.25, 0.3) is 5.69 Å². The molecule has 264 valence electrons. The lowest BCUT2D eigenvalue weighted by Crippen LogP contribution is -2.53. The van der Waals surface area contributed by atoms with Crippen LogP contribution < -0.4 is 16.8 Å². The third-order valence-electron chi connectivity index (χ3n) is 10.1. The third-order valence-corrected chi connectivity index (χ3v) is 10.6. The topological polar surface area (TPSA) is 131 Å². The molecule has 3 aliphatic rings. The van der Waals surface area contributed by atoms with Gasteiger partial charge in [-0.2, -0.15) is 18.2 Å². The SMILES string of the molecule is O=C1[C@@H]2C[C@@H]3C(=CCn4c(=O)n(-c5ccccc5)c(=O)n43)[C@H](c3ccccc3O)[C@]2(c2ccc(Cl)cc2)C(=O)N1Nc1ncc(C(F)(F)F)cc1Cl. The first-order valence-corrected chi connectivity index (χ1v) is 16.7. The van der Waals surface area contributed by atoms with Crippen LogP contribution in [0.5, 0.6) is 5.75 Å². The zero-order valence-electron chi connectivity index (χ0n) is 26.6. The van der Waals surface area contributed by atoms with E-state index in [0.29, 0.717) is 39.1 Å². The maximum absolute atomic E-state index is 15.1. The number of aromatic nitrogens is 4. The summed E-state index contributed by atoms with van der Waals surface area (Å²) < 4.78 is 43.8. The van der Waals surface area contributed by atoms with Crippen molar-refractivity contribution in [2.24, 2.45) is 5.92 Å². The number of fused-ring (bicyclic) bond motifs is 4. The Morgan fingerprint density at radius 1 is 0.904 bits per heavy atom. The van der Waals surface area contributed by atoms with Crippen LogP contribution in [0.2, 0.25) is 10.0 Å². The summed E-state index contributed by atoms with van der Waals surface area (Å²) in [6.07, 6.45) is -2.66. The molecule has 2 N–H and O–H groups in total. The van der Waals surface area contributed by atoms with Gasteiger partial charge >= 0.3 is 17.6 Å². The molecule has 1 saturated heterocycles. The highest BCUT2D eigenvalue weighted by Gasteiger charge is 2.69. The lowest BCUT2D eigenvalue weighted by Gasteiger charge is -2.49. The number of para-hydroxylation sites is 2. The first-order valence-electron chi connectivity index (χ1n) is 16.0. The number of carbonyl (C=O) groups is 2. The number of anilines is 1. The van der Waals surface area contributed by atoms with E-state index in [4.69, 9.17) is 23.2 Å². The number of alkyl halides is 3. The molecule has 0 unspecified atom stereocenters. The molecular formula is C36H25Cl2F3N6O5. The fourth-order valence-corrected chi connectivity index (χ4v) is 8.25. The molecule has 8 rings (SSSR count). The highest BCUT2D eigenvalue weighted by Crippen LogP contribution is 2.62.